The van der Waals surface area contributed by atoms with Gasteiger partial charge in [0.1, 0.15) is 0 Å². The van der Waals surface area contributed by atoms with Crippen molar-refractivity contribution in [3.8, 4) is 0 Å². The van der Waals surface area contributed by atoms with Crippen molar-refractivity contribution in [2.45, 2.75) is 38.5 Å². The lowest BCUT2D eigenvalue weighted by Crippen LogP contribution is -2.42. The normalized spacial score (nSPS) is 20.5. The van der Waals surface area contributed by atoms with E-state index >= 15 is 0 Å². The zero-order chi connectivity index (χ0) is 12.6. The number of hydrogen-bond acceptors (Lipinski definition) is 3. The molecule has 0 aromatic rings. The van der Waals surface area contributed by atoms with Crippen molar-refractivity contribution < 1.29 is 4.74 Å². The first kappa shape index (κ1) is 14.9. The van der Waals surface area contributed by atoms with Crippen LogP contribution < -0.4 is 5.32 Å². The summed E-state index contributed by atoms with van der Waals surface area (Å²) in [5, 5.41) is 3.41. The minimum atomic E-state index is 0.494. The van der Waals surface area contributed by atoms with Crippen LogP contribution in [0.5, 0.6) is 0 Å². The molecule has 0 spiro atoms. The molecule has 1 N–H and O–H groups in total. The van der Waals surface area contributed by atoms with Crippen LogP contribution in [0.2, 0.25) is 0 Å². The van der Waals surface area contributed by atoms with Gasteiger partial charge in [-0.05, 0) is 32.4 Å². The van der Waals surface area contributed by atoms with Gasteiger partial charge in [0.15, 0.2) is 0 Å². The summed E-state index contributed by atoms with van der Waals surface area (Å²) in [6.45, 7) is 4.25. The molecule has 0 radical (unpaired) electrons. The van der Waals surface area contributed by atoms with Gasteiger partial charge in [-0.15, -0.1) is 0 Å². The van der Waals surface area contributed by atoms with E-state index in [1.807, 2.05) is 0 Å². The minimum Gasteiger partial charge on any atom is -0.383 e. The topological polar surface area (TPSA) is 24.5 Å². The number of ether oxygens (including phenoxy) is 1. The third kappa shape index (κ3) is 5.36. The van der Waals surface area contributed by atoms with Gasteiger partial charge < -0.3 is 15.0 Å². The fourth-order valence-electron chi connectivity index (χ4n) is 3.14. The van der Waals surface area contributed by atoms with E-state index in [-0.39, 0.29) is 0 Å². The molecule has 0 aliphatic heterocycles. The highest BCUT2D eigenvalue weighted by Gasteiger charge is 2.31. The molecule has 3 nitrogen and oxygen atoms in total. The molecule has 1 aliphatic rings. The molecule has 0 atom stereocenters. The Labute approximate surface area is 107 Å². The van der Waals surface area contributed by atoms with Crippen LogP contribution >= 0.6 is 0 Å². The first-order valence-corrected chi connectivity index (χ1v) is 7.04. The Morgan fingerprint density at radius 2 is 1.82 bits per heavy atom. The zero-order valence-corrected chi connectivity index (χ0v) is 11.9. The van der Waals surface area contributed by atoms with Crippen molar-refractivity contribution in [3.63, 3.8) is 0 Å². The SMILES string of the molecule is CNCC1(CN(C)CCOC)CCCCCC1. The van der Waals surface area contributed by atoms with Crippen LogP contribution in [0.3, 0.4) is 0 Å². The second-order valence-corrected chi connectivity index (χ2v) is 5.68. The van der Waals surface area contributed by atoms with Crippen LogP contribution in [0.1, 0.15) is 38.5 Å². The smallest absolute Gasteiger partial charge is 0.0589 e. The predicted octanol–water partition coefficient (Wildman–Crippen LogP) is 2.12. The maximum atomic E-state index is 5.16. The Bertz CT molecular complexity index is 189. The molecule has 102 valence electrons. The number of methoxy groups -OCH3 is 1. The molecule has 0 bridgehead atoms. The lowest BCUT2D eigenvalue weighted by molar-refractivity contribution is 0.112. The highest BCUT2D eigenvalue weighted by Crippen LogP contribution is 2.35. The van der Waals surface area contributed by atoms with E-state index < -0.39 is 0 Å². The molecule has 1 fully saturated rings. The van der Waals surface area contributed by atoms with Gasteiger partial charge in [-0.1, -0.05) is 25.7 Å². The Kier molecular flexibility index (Phi) is 7.09. The molecule has 0 aromatic heterocycles. The fraction of sp³-hybridized carbons (Fsp3) is 1.00. The summed E-state index contributed by atoms with van der Waals surface area (Å²) in [5.74, 6) is 0. The molecule has 1 aliphatic carbocycles. The quantitative estimate of drug-likeness (QED) is 0.692. The molecule has 17 heavy (non-hydrogen) atoms. The van der Waals surface area contributed by atoms with Gasteiger partial charge in [-0.2, -0.15) is 0 Å². The van der Waals surface area contributed by atoms with Crippen LogP contribution in [-0.4, -0.2) is 52.3 Å². The van der Waals surface area contributed by atoms with Crippen molar-refractivity contribution in [2.24, 2.45) is 5.41 Å². The monoisotopic (exact) mass is 242 g/mol. The average molecular weight is 242 g/mol. The number of rotatable bonds is 7. The number of likely N-dealkylation sites (N-methyl/N-ethyl adjacent to an activating group) is 1. The van der Waals surface area contributed by atoms with Crippen LogP contribution in [0.4, 0.5) is 0 Å². The van der Waals surface area contributed by atoms with Gasteiger partial charge in [-0.3, -0.25) is 0 Å². The highest BCUT2D eigenvalue weighted by atomic mass is 16.5. The van der Waals surface area contributed by atoms with Gasteiger partial charge in [0.05, 0.1) is 6.61 Å². The van der Waals surface area contributed by atoms with Gasteiger partial charge in [0.25, 0.3) is 0 Å². The highest BCUT2D eigenvalue weighted by molar-refractivity contribution is 4.86. The third-order valence-corrected chi connectivity index (χ3v) is 4.00. The Balaban J connectivity index is 2.49. The van der Waals surface area contributed by atoms with Gasteiger partial charge in [0.2, 0.25) is 0 Å². The van der Waals surface area contributed by atoms with E-state index in [1.165, 1.54) is 45.1 Å². The van der Waals surface area contributed by atoms with Crippen molar-refractivity contribution in [1.82, 2.24) is 10.2 Å². The van der Waals surface area contributed by atoms with Crippen LogP contribution in [-0.2, 0) is 4.74 Å². The third-order valence-electron chi connectivity index (χ3n) is 4.00. The van der Waals surface area contributed by atoms with E-state index in [4.69, 9.17) is 4.74 Å². The molecule has 1 saturated carbocycles. The summed E-state index contributed by atoms with van der Waals surface area (Å²) >= 11 is 0. The largest absolute Gasteiger partial charge is 0.383 e. The molecule has 1 rings (SSSR count). The number of nitrogens with one attached hydrogen (secondary N) is 1. The van der Waals surface area contributed by atoms with Gasteiger partial charge >= 0.3 is 0 Å². The molecular weight excluding hydrogens is 212 g/mol. The van der Waals surface area contributed by atoms with E-state index in [9.17, 15) is 0 Å². The van der Waals surface area contributed by atoms with E-state index in [0.717, 1.165) is 19.7 Å². The Morgan fingerprint density at radius 3 is 2.35 bits per heavy atom. The summed E-state index contributed by atoms with van der Waals surface area (Å²) in [5.41, 5.74) is 0.494. The Morgan fingerprint density at radius 1 is 1.18 bits per heavy atom. The fourth-order valence-corrected chi connectivity index (χ4v) is 3.14. The summed E-state index contributed by atoms with van der Waals surface area (Å²) in [6.07, 6.45) is 8.41. The van der Waals surface area contributed by atoms with Crippen molar-refractivity contribution in [2.75, 3.05) is 47.4 Å². The summed E-state index contributed by atoms with van der Waals surface area (Å²) < 4.78 is 5.16. The molecule has 3 heteroatoms. The molecule has 0 aromatic carbocycles. The standard InChI is InChI=1S/C14H30N2O/c1-15-12-14(8-6-4-5-7-9-14)13-16(2)10-11-17-3/h15H,4-13H2,1-3H3. The Hall–Kier alpha value is -0.120. The van der Waals surface area contributed by atoms with E-state index in [2.05, 4.69) is 24.3 Å². The predicted molar refractivity (Wildman–Crippen MR) is 73.4 cm³/mol. The number of hydrogen-bond donors (Lipinski definition) is 1. The zero-order valence-electron chi connectivity index (χ0n) is 11.9. The molecular formula is C14H30N2O. The molecule has 0 unspecified atom stereocenters. The molecule has 0 saturated heterocycles. The summed E-state index contributed by atoms with van der Waals surface area (Å²) in [4.78, 5) is 2.44. The molecule has 0 amide bonds. The summed E-state index contributed by atoms with van der Waals surface area (Å²) in [6, 6.07) is 0. The first-order valence-electron chi connectivity index (χ1n) is 7.04. The van der Waals surface area contributed by atoms with Crippen molar-refractivity contribution >= 4 is 0 Å². The van der Waals surface area contributed by atoms with Crippen molar-refractivity contribution in [3.05, 3.63) is 0 Å². The van der Waals surface area contributed by atoms with Crippen LogP contribution in [0, 0.1) is 5.41 Å². The van der Waals surface area contributed by atoms with Gasteiger partial charge in [-0.25, -0.2) is 0 Å². The minimum absolute atomic E-state index is 0.494. The average Bonchev–Trinajstić information content (AvgIpc) is 2.53. The lowest BCUT2D eigenvalue weighted by Gasteiger charge is -2.36. The van der Waals surface area contributed by atoms with Crippen LogP contribution in [0.15, 0.2) is 0 Å². The number of nitrogens with zero attached hydrogens (tertiary/aromatic N) is 1. The van der Waals surface area contributed by atoms with Crippen molar-refractivity contribution in [1.29, 1.82) is 0 Å². The second-order valence-electron chi connectivity index (χ2n) is 5.68. The second kappa shape index (κ2) is 8.06. The first-order chi connectivity index (χ1) is 8.22. The van der Waals surface area contributed by atoms with E-state index in [0.29, 0.717) is 5.41 Å². The van der Waals surface area contributed by atoms with Gasteiger partial charge in [0, 0.05) is 26.7 Å². The van der Waals surface area contributed by atoms with Crippen LogP contribution in [0.25, 0.3) is 0 Å². The maximum Gasteiger partial charge on any atom is 0.0589 e. The lowest BCUT2D eigenvalue weighted by atomic mass is 9.79. The van der Waals surface area contributed by atoms with E-state index in [1.54, 1.807) is 7.11 Å². The maximum absolute atomic E-state index is 5.16. The molecule has 0 heterocycles. The summed E-state index contributed by atoms with van der Waals surface area (Å²) in [7, 11) is 6.09.